The van der Waals surface area contributed by atoms with Gasteiger partial charge in [-0.15, -0.1) is 0 Å². The molecule has 4 nitrogen and oxygen atoms in total. The molecule has 0 atom stereocenters. The Morgan fingerprint density at radius 1 is 1.15 bits per heavy atom. The summed E-state index contributed by atoms with van der Waals surface area (Å²) in [6.07, 6.45) is 1.96. The van der Waals surface area contributed by atoms with Crippen molar-refractivity contribution < 1.29 is 14.3 Å². The molecule has 0 N–H and O–H groups in total. The number of ether oxygens (including phenoxy) is 2. The zero-order valence-electron chi connectivity index (χ0n) is 12.4. The summed E-state index contributed by atoms with van der Waals surface area (Å²) in [6.45, 7) is 7.92. The number of nitrogens with zero attached hydrogens (tertiary/aromatic N) is 1. The second-order valence-electron chi connectivity index (χ2n) is 5.37. The van der Waals surface area contributed by atoms with Gasteiger partial charge in [-0.05, 0) is 52.0 Å². The molecule has 0 bridgehead atoms. The summed E-state index contributed by atoms with van der Waals surface area (Å²) >= 11 is 0. The van der Waals surface area contributed by atoms with Gasteiger partial charge in [-0.25, -0.2) is 0 Å². The fraction of sp³-hybridized carbons (Fsp3) is 0.438. The van der Waals surface area contributed by atoms with E-state index in [-0.39, 0.29) is 24.7 Å². The minimum atomic E-state index is -0.222. The van der Waals surface area contributed by atoms with Gasteiger partial charge in [-0.3, -0.25) is 4.79 Å². The number of fused-ring (bicyclic) bond motifs is 1. The minimum Gasteiger partial charge on any atom is -0.491 e. The maximum Gasteiger partial charge on any atom is 0.326 e. The van der Waals surface area contributed by atoms with Crippen molar-refractivity contribution in [1.29, 1.82) is 0 Å². The van der Waals surface area contributed by atoms with Crippen LogP contribution in [-0.4, -0.2) is 22.7 Å². The summed E-state index contributed by atoms with van der Waals surface area (Å²) in [6, 6.07) is 7.85. The van der Waals surface area contributed by atoms with Crippen molar-refractivity contribution in [3.8, 4) is 5.75 Å². The Kier molecular flexibility index (Phi) is 4.32. The molecule has 2 aromatic rings. The third-order valence-electron chi connectivity index (χ3n) is 2.78. The highest BCUT2D eigenvalue weighted by atomic mass is 16.5. The largest absolute Gasteiger partial charge is 0.491 e. The molecule has 0 aliphatic carbocycles. The summed E-state index contributed by atoms with van der Waals surface area (Å²) in [5.41, 5.74) is 1.00. The van der Waals surface area contributed by atoms with E-state index in [0.717, 1.165) is 16.7 Å². The fourth-order valence-corrected chi connectivity index (χ4v) is 2.10. The number of hydrogen-bond acceptors (Lipinski definition) is 3. The SMILES string of the molecule is CC(C)OC(=O)Cn1ccc2cc(OC(C)C)ccc21. The summed E-state index contributed by atoms with van der Waals surface area (Å²) in [4.78, 5) is 11.7. The van der Waals surface area contributed by atoms with Crippen molar-refractivity contribution in [2.45, 2.75) is 46.4 Å². The first-order chi connectivity index (χ1) is 9.45. The predicted octanol–water partition coefficient (Wildman–Crippen LogP) is 3.38. The van der Waals surface area contributed by atoms with Crippen molar-refractivity contribution in [1.82, 2.24) is 4.57 Å². The molecule has 4 heteroatoms. The van der Waals surface area contributed by atoms with Gasteiger partial charge in [0, 0.05) is 17.1 Å². The highest BCUT2D eigenvalue weighted by Crippen LogP contribution is 2.23. The molecular formula is C16H21NO3. The topological polar surface area (TPSA) is 40.5 Å². The Labute approximate surface area is 119 Å². The van der Waals surface area contributed by atoms with E-state index in [1.807, 2.05) is 62.7 Å². The zero-order chi connectivity index (χ0) is 14.7. The molecule has 0 spiro atoms. The van der Waals surface area contributed by atoms with Crippen LogP contribution in [0.25, 0.3) is 10.9 Å². The molecule has 20 heavy (non-hydrogen) atoms. The Morgan fingerprint density at radius 2 is 1.90 bits per heavy atom. The van der Waals surface area contributed by atoms with E-state index in [2.05, 4.69) is 0 Å². The second kappa shape index (κ2) is 5.99. The molecule has 0 aliphatic heterocycles. The lowest BCUT2D eigenvalue weighted by Gasteiger charge is -2.11. The van der Waals surface area contributed by atoms with Crippen molar-refractivity contribution in [2.75, 3.05) is 0 Å². The van der Waals surface area contributed by atoms with Crippen LogP contribution in [0.15, 0.2) is 30.5 Å². The van der Waals surface area contributed by atoms with Crippen LogP contribution < -0.4 is 4.74 Å². The van der Waals surface area contributed by atoms with Gasteiger partial charge < -0.3 is 14.0 Å². The van der Waals surface area contributed by atoms with Crippen LogP contribution >= 0.6 is 0 Å². The van der Waals surface area contributed by atoms with Crippen LogP contribution in [0.4, 0.5) is 0 Å². The van der Waals surface area contributed by atoms with Crippen molar-refractivity contribution in [3.63, 3.8) is 0 Å². The van der Waals surface area contributed by atoms with Gasteiger partial charge in [0.15, 0.2) is 0 Å². The van der Waals surface area contributed by atoms with E-state index in [9.17, 15) is 4.79 Å². The van der Waals surface area contributed by atoms with Crippen molar-refractivity contribution >= 4 is 16.9 Å². The molecule has 0 unspecified atom stereocenters. The lowest BCUT2D eigenvalue weighted by molar-refractivity contribution is -0.148. The van der Waals surface area contributed by atoms with Crippen LogP contribution in [0.2, 0.25) is 0 Å². The molecule has 1 aromatic carbocycles. The van der Waals surface area contributed by atoms with Crippen molar-refractivity contribution in [2.24, 2.45) is 0 Å². The molecule has 1 aromatic heterocycles. The van der Waals surface area contributed by atoms with Crippen LogP contribution in [-0.2, 0) is 16.1 Å². The van der Waals surface area contributed by atoms with Crippen LogP contribution in [0.3, 0.4) is 0 Å². The van der Waals surface area contributed by atoms with E-state index in [4.69, 9.17) is 9.47 Å². The van der Waals surface area contributed by atoms with Gasteiger partial charge in [-0.1, -0.05) is 0 Å². The third kappa shape index (κ3) is 3.53. The molecule has 0 amide bonds. The van der Waals surface area contributed by atoms with Crippen LogP contribution in [0.1, 0.15) is 27.7 Å². The summed E-state index contributed by atoms with van der Waals surface area (Å²) in [7, 11) is 0. The molecule has 108 valence electrons. The lowest BCUT2D eigenvalue weighted by atomic mass is 10.2. The van der Waals surface area contributed by atoms with Crippen LogP contribution in [0, 0.1) is 0 Å². The highest BCUT2D eigenvalue weighted by Gasteiger charge is 2.09. The van der Waals surface area contributed by atoms with Gasteiger partial charge in [-0.2, -0.15) is 0 Å². The molecule has 0 radical (unpaired) electrons. The van der Waals surface area contributed by atoms with Gasteiger partial charge in [0.2, 0.25) is 0 Å². The van der Waals surface area contributed by atoms with Gasteiger partial charge >= 0.3 is 5.97 Å². The van der Waals surface area contributed by atoms with Crippen LogP contribution in [0.5, 0.6) is 5.75 Å². The summed E-state index contributed by atoms with van der Waals surface area (Å²) < 4.78 is 12.7. The fourth-order valence-electron chi connectivity index (χ4n) is 2.10. The summed E-state index contributed by atoms with van der Waals surface area (Å²) in [5.74, 6) is 0.620. The molecular weight excluding hydrogens is 254 g/mol. The predicted molar refractivity (Wildman–Crippen MR) is 78.9 cm³/mol. The maximum atomic E-state index is 11.7. The molecule has 0 saturated heterocycles. The van der Waals surface area contributed by atoms with E-state index >= 15 is 0 Å². The van der Waals surface area contributed by atoms with Gasteiger partial charge in [0.05, 0.1) is 12.2 Å². The Hall–Kier alpha value is -1.97. The normalized spacial score (nSPS) is 11.3. The molecule has 1 heterocycles. The third-order valence-corrected chi connectivity index (χ3v) is 2.78. The minimum absolute atomic E-state index is 0.0876. The Balaban J connectivity index is 2.18. The Bertz CT molecular complexity index is 599. The number of carbonyl (C=O) groups excluding carboxylic acids is 1. The highest BCUT2D eigenvalue weighted by molar-refractivity contribution is 5.83. The number of benzene rings is 1. The molecule has 2 rings (SSSR count). The van der Waals surface area contributed by atoms with Gasteiger partial charge in [0.1, 0.15) is 12.3 Å². The first kappa shape index (κ1) is 14.4. The molecule has 0 saturated carbocycles. The number of aromatic nitrogens is 1. The monoisotopic (exact) mass is 275 g/mol. The van der Waals surface area contributed by atoms with E-state index in [0.29, 0.717) is 0 Å². The number of esters is 1. The van der Waals surface area contributed by atoms with Gasteiger partial charge in [0.25, 0.3) is 0 Å². The smallest absolute Gasteiger partial charge is 0.326 e. The summed E-state index contributed by atoms with van der Waals surface area (Å²) in [5, 5.41) is 1.06. The standard InChI is InChI=1S/C16H21NO3/c1-11(2)19-14-5-6-15-13(9-14)7-8-17(15)10-16(18)20-12(3)4/h5-9,11-12H,10H2,1-4H3. The quantitative estimate of drug-likeness (QED) is 0.785. The van der Waals surface area contributed by atoms with E-state index < -0.39 is 0 Å². The molecule has 0 fully saturated rings. The van der Waals surface area contributed by atoms with E-state index in [1.165, 1.54) is 0 Å². The second-order valence-corrected chi connectivity index (χ2v) is 5.37. The number of hydrogen-bond donors (Lipinski definition) is 0. The maximum absolute atomic E-state index is 11.7. The average molecular weight is 275 g/mol. The first-order valence-electron chi connectivity index (χ1n) is 6.90. The lowest BCUT2D eigenvalue weighted by Crippen LogP contribution is -2.16. The Morgan fingerprint density at radius 3 is 2.55 bits per heavy atom. The first-order valence-corrected chi connectivity index (χ1v) is 6.90. The van der Waals surface area contributed by atoms with E-state index in [1.54, 1.807) is 0 Å². The average Bonchev–Trinajstić information content (AvgIpc) is 2.70. The van der Waals surface area contributed by atoms with Crippen molar-refractivity contribution in [3.05, 3.63) is 30.5 Å². The molecule has 0 aliphatic rings. The number of rotatable bonds is 5. The number of carbonyl (C=O) groups is 1. The zero-order valence-corrected chi connectivity index (χ0v) is 12.4.